The number of carbonyl (C=O) groups excluding carboxylic acids is 1. The average Bonchev–Trinajstić information content (AvgIpc) is 4.23. The molecule has 2 aromatic carbocycles. The van der Waals surface area contributed by atoms with Crippen molar-refractivity contribution in [3.8, 4) is 43.9 Å². The number of para-hydroxylation sites is 2. The number of benzene rings is 2. The maximum Gasteiger partial charge on any atom is 0.344 e. The van der Waals surface area contributed by atoms with Crippen molar-refractivity contribution in [1.82, 2.24) is 29.4 Å². The number of fused-ring (bicyclic) bond motifs is 2. The van der Waals surface area contributed by atoms with Gasteiger partial charge in [-0.05, 0) is 106 Å². The van der Waals surface area contributed by atoms with Crippen molar-refractivity contribution in [2.24, 2.45) is 0 Å². The largest absolute Gasteiger partial charge is 0.490 e. The number of carboxylic acid groups (broad SMARTS) is 1. The summed E-state index contributed by atoms with van der Waals surface area (Å²) in [6.07, 6.45) is 7.01. The summed E-state index contributed by atoms with van der Waals surface area (Å²) in [6, 6.07) is 31.0. The normalized spacial score (nSPS) is 12.1. The molecule has 0 unspecified atom stereocenters. The smallest absolute Gasteiger partial charge is 0.344 e. The quantitative estimate of drug-likeness (QED) is 0.0340. The van der Waals surface area contributed by atoms with Crippen LogP contribution in [0.1, 0.15) is 46.3 Å². The minimum atomic E-state index is -1.03. The van der Waals surface area contributed by atoms with Gasteiger partial charge in [-0.1, -0.05) is 36.4 Å². The zero-order valence-electron chi connectivity index (χ0n) is 41.8. The van der Waals surface area contributed by atoms with Gasteiger partial charge in [-0.25, -0.2) is 19.6 Å². The van der Waals surface area contributed by atoms with Gasteiger partial charge in [0.1, 0.15) is 71.1 Å². The summed E-state index contributed by atoms with van der Waals surface area (Å²) in [5.74, 6) is 2.73. The van der Waals surface area contributed by atoms with Crippen LogP contribution in [0.15, 0.2) is 133 Å². The lowest BCUT2D eigenvalue weighted by molar-refractivity contribution is -0.145. The molecule has 6 aromatic heterocycles. The highest BCUT2D eigenvalue weighted by Crippen LogP contribution is 2.34. The molecule has 8 rings (SSSR count). The van der Waals surface area contributed by atoms with Crippen molar-refractivity contribution < 1.29 is 48.6 Å². The molecule has 0 saturated carbocycles. The Hall–Kier alpha value is -6.22. The molecule has 396 valence electrons. The van der Waals surface area contributed by atoms with Gasteiger partial charge < -0.3 is 58.4 Å². The molecule has 0 saturated heterocycles. The maximum absolute atomic E-state index is 11.7. The third kappa shape index (κ3) is 16.6. The van der Waals surface area contributed by atoms with Crippen LogP contribution in [0.3, 0.4) is 0 Å². The first kappa shape index (κ1) is 58.7. The van der Waals surface area contributed by atoms with Crippen molar-refractivity contribution in [1.29, 1.82) is 0 Å². The van der Waals surface area contributed by atoms with Crippen LogP contribution in [0, 0.1) is 0 Å². The molecule has 0 aliphatic heterocycles. The molecule has 2 atom stereocenters. The molecule has 0 aliphatic rings. The molecule has 0 fully saturated rings. The first-order valence-electron chi connectivity index (χ1n) is 23.6. The van der Waals surface area contributed by atoms with Gasteiger partial charge in [0.2, 0.25) is 0 Å². The number of nitrogens with one attached hydrogen (secondary N) is 2. The van der Waals surface area contributed by atoms with Crippen LogP contribution in [-0.4, -0.2) is 115 Å². The van der Waals surface area contributed by atoms with Crippen LogP contribution in [0.5, 0.6) is 23.0 Å². The zero-order chi connectivity index (χ0) is 51.1. The second kappa shape index (κ2) is 27.9. The summed E-state index contributed by atoms with van der Waals surface area (Å²) in [6.45, 7) is 10.8. The van der Waals surface area contributed by atoms with Gasteiger partial charge >= 0.3 is 11.9 Å². The number of thiophene rings is 2. The number of carboxylic acids is 1. The summed E-state index contributed by atoms with van der Waals surface area (Å²) >= 11 is 3.30. The minimum Gasteiger partial charge on any atom is -0.490 e. The molecule has 0 aliphatic carbocycles. The number of aliphatic carboxylic acids is 1. The SMILES string of the molecule is CC(C)(Cc1ncc2c(OCC(=O)O)cccn12)NC[C@H](O)COc1ccccc1-c1cccs1.CCOC(=O)COc1cccn2c(CC(C)(C)NC[C@H](O)COc3ccccc3-c3cccs3)ncc12.Cl.Cl. The number of carbonyl (C=O) groups is 2. The van der Waals surface area contributed by atoms with E-state index in [1.165, 1.54) is 0 Å². The van der Waals surface area contributed by atoms with E-state index < -0.39 is 30.8 Å². The second-order valence-corrected chi connectivity index (χ2v) is 20.0. The highest BCUT2D eigenvalue weighted by molar-refractivity contribution is 7.13. The van der Waals surface area contributed by atoms with Gasteiger partial charge in [-0.2, -0.15) is 0 Å². The van der Waals surface area contributed by atoms with Crippen LogP contribution in [0.25, 0.3) is 31.9 Å². The molecule has 8 aromatic rings. The number of β-amino-alcohol motifs (C(OH)–C–C–N with tert-alkyl or cyclic N) is 2. The Bertz CT molecular complexity index is 2980. The van der Waals surface area contributed by atoms with Crippen LogP contribution in [0.2, 0.25) is 0 Å². The summed E-state index contributed by atoms with van der Waals surface area (Å²) in [5, 5.41) is 41.0. The second-order valence-electron chi connectivity index (χ2n) is 18.1. The maximum atomic E-state index is 11.7. The van der Waals surface area contributed by atoms with Crippen molar-refractivity contribution in [2.75, 3.05) is 46.1 Å². The van der Waals surface area contributed by atoms with Gasteiger partial charge in [0.25, 0.3) is 0 Å². The van der Waals surface area contributed by atoms with E-state index in [0.29, 0.717) is 49.6 Å². The first-order chi connectivity index (χ1) is 34.7. The average molecular weight is 1090 g/mol. The molecule has 6 heterocycles. The van der Waals surface area contributed by atoms with E-state index in [1.807, 2.05) is 119 Å². The summed E-state index contributed by atoms with van der Waals surface area (Å²) in [4.78, 5) is 33.9. The van der Waals surface area contributed by atoms with E-state index in [2.05, 4.69) is 40.5 Å². The van der Waals surface area contributed by atoms with Gasteiger partial charge in [0, 0.05) is 70.3 Å². The zero-order valence-corrected chi connectivity index (χ0v) is 45.1. The van der Waals surface area contributed by atoms with E-state index in [4.69, 9.17) is 28.8 Å². The molecule has 0 spiro atoms. The Kier molecular flexibility index (Phi) is 22.1. The topological polar surface area (TPSA) is 200 Å². The Morgan fingerprint density at radius 2 is 1.04 bits per heavy atom. The number of aliphatic hydroxyl groups is 2. The third-order valence-corrected chi connectivity index (χ3v) is 13.1. The molecule has 74 heavy (non-hydrogen) atoms. The Morgan fingerprint density at radius 1 is 0.608 bits per heavy atom. The van der Waals surface area contributed by atoms with E-state index in [0.717, 1.165) is 49.5 Å². The fourth-order valence-corrected chi connectivity index (χ4v) is 9.25. The number of nitrogens with zero attached hydrogens (tertiary/aromatic N) is 4. The standard InChI is InChI=1S/C28H33N3O5S.C26H29N3O5S.2ClH/c1-4-34-27(33)19-36-24-11-7-13-31-22(24)17-29-26(31)15-28(2,3)30-16-20(32)18-35-23-10-6-5-9-21(23)25-12-8-14-37-25;1-26(2,13-24-27-15-20-22(34-17-25(31)32)9-5-11-29(20)24)28-14-18(30)16-33-21-8-4-3-7-19(21)23-10-6-12-35-23;;/h5-14,17,20,30,32H,4,15-16,18-19H2,1-3H3;3-12,15,18,28,30H,13-14,16-17H2,1-2H3,(H,31,32);2*1H/t20-;18-;;/m00../s1. The van der Waals surface area contributed by atoms with E-state index in [1.54, 1.807) is 60.2 Å². The van der Waals surface area contributed by atoms with Crippen LogP contribution in [-0.2, 0) is 27.2 Å². The number of imidazole rings is 2. The highest BCUT2D eigenvalue weighted by Gasteiger charge is 2.25. The summed E-state index contributed by atoms with van der Waals surface area (Å²) in [5.41, 5.74) is 2.80. The van der Waals surface area contributed by atoms with Gasteiger partial charge in [0.15, 0.2) is 13.2 Å². The number of esters is 1. The lowest BCUT2D eigenvalue weighted by Crippen LogP contribution is -2.46. The van der Waals surface area contributed by atoms with Gasteiger partial charge in [0.05, 0.1) is 19.0 Å². The van der Waals surface area contributed by atoms with Crippen LogP contribution >= 0.6 is 47.5 Å². The molecule has 0 bridgehead atoms. The first-order valence-corrected chi connectivity index (χ1v) is 25.3. The predicted molar refractivity (Wildman–Crippen MR) is 294 cm³/mol. The molecule has 0 radical (unpaired) electrons. The number of hydrogen-bond acceptors (Lipinski definition) is 15. The van der Waals surface area contributed by atoms with Crippen molar-refractivity contribution in [3.05, 3.63) is 144 Å². The molecule has 16 nitrogen and oxygen atoms in total. The molecule has 0 amide bonds. The van der Waals surface area contributed by atoms with E-state index in [9.17, 15) is 19.8 Å². The summed E-state index contributed by atoms with van der Waals surface area (Å²) < 4.78 is 31.7. The lowest BCUT2D eigenvalue weighted by Gasteiger charge is -2.27. The summed E-state index contributed by atoms with van der Waals surface area (Å²) in [7, 11) is 0. The fourth-order valence-electron chi connectivity index (χ4n) is 7.73. The molecular formula is C54H64Cl2N6O10S2. The van der Waals surface area contributed by atoms with Gasteiger partial charge in [-0.15, -0.1) is 47.5 Å². The van der Waals surface area contributed by atoms with E-state index >= 15 is 0 Å². The monoisotopic (exact) mass is 1090 g/mol. The van der Waals surface area contributed by atoms with Gasteiger partial charge in [-0.3, -0.25) is 0 Å². The number of ether oxygens (including phenoxy) is 5. The van der Waals surface area contributed by atoms with Crippen molar-refractivity contribution in [2.45, 2.75) is 70.7 Å². The lowest BCUT2D eigenvalue weighted by atomic mass is 10.00. The Morgan fingerprint density at radius 3 is 1.46 bits per heavy atom. The molecule has 5 N–H and O–H groups in total. The van der Waals surface area contributed by atoms with Crippen molar-refractivity contribution in [3.63, 3.8) is 0 Å². The van der Waals surface area contributed by atoms with Crippen LogP contribution < -0.4 is 29.6 Å². The Balaban J connectivity index is 0.000000267. The number of halogens is 2. The number of hydrogen-bond donors (Lipinski definition) is 5. The number of aromatic nitrogens is 4. The third-order valence-electron chi connectivity index (χ3n) is 11.3. The number of rotatable bonds is 25. The highest BCUT2D eigenvalue weighted by atomic mass is 35.5. The van der Waals surface area contributed by atoms with Crippen molar-refractivity contribution >= 4 is 70.5 Å². The minimum absolute atomic E-state index is 0. The number of aliphatic hydroxyl groups excluding tert-OH is 2. The van der Waals surface area contributed by atoms with Crippen LogP contribution in [0.4, 0.5) is 0 Å². The number of pyridine rings is 2. The molecule has 20 heteroatoms. The Labute approximate surface area is 451 Å². The molecular weight excluding hydrogens is 1030 g/mol. The van der Waals surface area contributed by atoms with E-state index in [-0.39, 0.29) is 55.7 Å². The predicted octanol–water partition coefficient (Wildman–Crippen LogP) is 9.08. The fraction of sp³-hybridized carbons (Fsp3) is 0.333.